The highest BCUT2D eigenvalue weighted by Crippen LogP contribution is 2.43. The second-order valence-corrected chi connectivity index (χ2v) is 10.1. The molecule has 2 atom stereocenters. The summed E-state index contributed by atoms with van der Waals surface area (Å²) in [5.74, 6) is 0.368. The second-order valence-electron chi connectivity index (χ2n) is 10.1. The van der Waals surface area contributed by atoms with Crippen LogP contribution in [0.1, 0.15) is 65.0 Å². The van der Waals surface area contributed by atoms with Crippen LogP contribution >= 0.6 is 0 Å². The summed E-state index contributed by atoms with van der Waals surface area (Å²) >= 11 is 0. The monoisotopic (exact) mass is 521 g/mol. The van der Waals surface area contributed by atoms with Gasteiger partial charge in [0.15, 0.2) is 17.4 Å². The third kappa shape index (κ3) is 5.49. The number of hydrogen-bond donors (Lipinski definition) is 0. The van der Waals surface area contributed by atoms with Crippen molar-refractivity contribution < 1.29 is 23.8 Å². The molecule has 2 aromatic carbocycles. The molecule has 8 nitrogen and oxygen atoms in total. The largest absolute Gasteiger partial charge is 0.493 e. The molecule has 0 aliphatic carbocycles. The van der Waals surface area contributed by atoms with Crippen LogP contribution in [-0.2, 0) is 14.3 Å². The van der Waals surface area contributed by atoms with Gasteiger partial charge >= 0.3 is 5.97 Å². The van der Waals surface area contributed by atoms with Gasteiger partial charge in [0.2, 0.25) is 11.9 Å². The van der Waals surface area contributed by atoms with E-state index in [0.29, 0.717) is 36.5 Å². The Kier molecular flexibility index (Phi) is 8.92. The lowest BCUT2D eigenvalue weighted by Gasteiger charge is -2.38. The second kappa shape index (κ2) is 12.3. The number of para-hydroxylation sites is 2. The van der Waals surface area contributed by atoms with E-state index in [0.717, 1.165) is 42.3 Å². The van der Waals surface area contributed by atoms with Crippen molar-refractivity contribution in [3.05, 3.63) is 48.0 Å². The van der Waals surface area contributed by atoms with E-state index in [2.05, 4.69) is 20.8 Å². The Labute approximate surface area is 224 Å². The fraction of sp³-hybridized carbons (Fsp3) is 0.500. The summed E-state index contributed by atoms with van der Waals surface area (Å²) in [6.07, 6.45) is 3.74. The number of unbranched alkanes of at least 4 members (excludes halogenated alkanes) is 2. The summed E-state index contributed by atoms with van der Waals surface area (Å²) in [4.78, 5) is 33.9. The highest BCUT2D eigenvalue weighted by Gasteiger charge is 2.47. The standard InChI is InChI=1S/C30H39N3O5/c1-6-8-11-17-32-28(34)26(29(35)37-7-2)27(33-23-13-10-9-12-22(23)31-30(32)33)21-14-15-24(25(19-21)36-5)38-18-16-20(3)4/h9-10,12-15,19-20,26-27H,6-8,11,16-18H2,1-5H3/t26-,27-/m1/s1. The molecule has 1 aliphatic heterocycles. The molecule has 2 heterocycles. The summed E-state index contributed by atoms with van der Waals surface area (Å²) in [5.41, 5.74) is 2.37. The first-order valence-electron chi connectivity index (χ1n) is 13.7. The fourth-order valence-corrected chi connectivity index (χ4v) is 4.97. The Morgan fingerprint density at radius 3 is 2.58 bits per heavy atom. The molecule has 0 unspecified atom stereocenters. The Morgan fingerprint density at radius 2 is 1.87 bits per heavy atom. The molecule has 204 valence electrons. The predicted molar refractivity (Wildman–Crippen MR) is 148 cm³/mol. The first-order valence-corrected chi connectivity index (χ1v) is 13.7. The van der Waals surface area contributed by atoms with E-state index < -0.39 is 17.9 Å². The number of carbonyl (C=O) groups excluding carboxylic acids is 2. The van der Waals surface area contributed by atoms with E-state index in [1.807, 2.05) is 47.0 Å². The van der Waals surface area contributed by atoms with Crippen molar-refractivity contribution in [3.8, 4) is 11.5 Å². The summed E-state index contributed by atoms with van der Waals surface area (Å²) in [6, 6.07) is 12.7. The van der Waals surface area contributed by atoms with Gasteiger partial charge in [-0.15, -0.1) is 0 Å². The Balaban J connectivity index is 1.85. The number of nitrogens with zero attached hydrogens (tertiary/aromatic N) is 3. The molecular weight excluding hydrogens is 482 g/mol. The SMILES string of the molecule is CCCCCN1C(=O)[C@H](C(=O)OCC)[C@@H](c2ccc(OCCC(C)C)c(OC)c2)n2c1nc1ccccc12. The zero-order valence-electron chi connectivity index (χ0n) is 23.1. The van der Waals surface area contributed by atoms with Crippen molar-refractivity contribution in [1.82, 2.24) is 9.55 Å². The maximum absolute atomic E-state index is 14.0. The highest BCUT2D eigenvalue weighted by atomic mass is 16.5. The van der Waals surface area contributed by atoms with E-state index in [-0.39, 0.29) is 12.5 Å². The van der Waals surface area contributed by atoms with Crippen molar-refractivity contribution in [2.75, 3.05) is 31.8 Å². The van der Waals surface area contributed by atoms with Crippen molar-refractivity contribution in [3.63, 3.8) is 0 Å². The third-order valence-corrected chi connectivity index (χ3v) is 6.95. The number of rotatable bonds is 12. The zero-order chi connectivity index (χ0) is 27.2. The molecule has 1 aromatic heterocycles. The number of anilines is 1. The Hall–Kier alpha value is -3.55. The first-order chi connectivity index (χ1) is 18.4. The van der Waals surface area contributed by atoms with Crippen LogP contribution in [0.3, 0.4) is 0 Å². The van der Waals surface area contributed by atoms with Crippen LogP contribution in [0.4, 0.5) is 5.95 Å². The lowest BCUT2D eigenvalue weighted by molar-refractivity contribution is -0.153. The number of amides is 1. The minimum atomic E-state index is -1.06. The van der Waals surface area contributed by atoms with Crippen molar-refractivity contribution in [2.24, 2.45) is 11.8 Å². The highest BCUT2D eigenvalue weighted by molar-refractivity contribution is 6.08. The van der Waals surface area contributed by atoms with E-state index >= 15 is 0 Å². The van der Waals surface area contributed by atoms with Crippen LogP contribution in [0.25, 0.3) is 11.0 Å². The number of fused-ring (bicyclic) bond motifs is 3. The van der Waals surface area contributed by atoms with Crippen LogP contribution in [0.15, 0.2) is 42.5 Å². The predicted octanol–water partition coefficient (Wildman–Crippen LogP) is 5.78. The zero-order valence-corrected chi connectivity index (χ0v) is 23.1. The fourth-order valence-electron chi connectivity index (χ4n) is 4.97. The summed E-state index contributed by atoms with van der Waals surface area (Å²) in [5, 5.41) is 0. The van der Waals surface area contributed by atoms with Crippen molar-refractivity contribution >= 4 is 28.9 Å². The average Bonchev–Trinajstić information content (AvgIpc) is 3.28. The van der Waals surface area contributed by atoms with Gasteiger partial charge < -0.3 is 18.8 Å². The minimum Gasteiger partial charge on any atom is -0.493 e. The van der Waals surface area contributed by atoms with Gasteiger partial charge in [-0.05, 0) is 55.5 Å². The average molecular weight is 522 g/mol. The molecule has 3 aromatic rings. The molecule has 0 N–H and O–H groups in total. The maximum Gasteiger partial charge on any atom is 0.321 e. The van der Waals surface area contributed by atoms with Gasteiger partial charge in [-0.3, -0.25) is 14.5 Å². The van der Waals surface area contributed by atoms with Crippen molar-refractivity contribution in [2.45, 2.75) is 59.4 Å². The van der Waals surface area contributed by atoms with Gasteiger partial charge in [0.25, 0.3) is 0 Å². The smallest absolute Gasteiger partial charge is 0.321 e. The van der Waals surface area contributed by atoms with Crippen LogP contribution in [0, 0.1) is 11.8 Å². The number of imidazole rings is 1. The van der Waals surface area contributed by atoms with E-state index in [1.54, 1.807) is 18.9 Å². The molecular formula is C30H39N3O5. The van der Waals surface area contributed by atoms with Crippen LogP contribution in [0.2, 0.25) is 0 Å². The molecule has 1 amide bonds. The Bertz CT molecular complexity index is 1270. The molecule has 0 saturated heterocycles. The molecule has 8 heteroatoms. The van der Waals surface area contributed by atoms with Gasteiger partial charge in [0, 0.05) is 6.54 Å². The quantitative estimate of drug-likeness (QED) is 0.171. The van der Waals surface area contributed by atoms with Gasteiger partial charge in [0.05, 0.1) is 37.4 Å². The van der Waals surface area contributed by atoms with Gasteiger partial charge in [-0.1, -0.05) is 51.8 Å². The van der Waals surface area contributed by atoms with Crippen LogP contribution in [0.5, 0.6) is 11.5 Å². The Morgan fingerprint density at radius 1 is 1.08 bits per heavy atom. The van der Waals surface area contributed by atoms with E-state index in [1.165, 1.54) is 0 Å². The summed E-state index contributed by atoms with van der Waals surface area (Å²) < 4.78 is 19.2. The lowest BCUT2D eigenvalue weighted by Crippen LogP contribution is -2.50. The van der Waals surface area contributed by atoms with E-state index in [4.69, 9.17) is 19.2 Å². The number of methoxy groups -OCH3 is 1. The van der Waals surface area contributed by atoms with Gasteiger partial charge in [-0.25, -0.2) is 4.98 Å². The van der Waals surface area contributed by atoms with Gasteiger partial charge in [-0.2, -0.15) is 0 Å². The third-order valence-electron chi connectivity index (χ3n) is 6.95. The maximum atomic E-state index is 14.0. The van der Waals surface area contributed by atoms with E-state index in [9.17, 15) is 9.59 Å². The molecule has 0 saturated carbocycles. The molecule has 0 bridgehead atoms. The molecule has 0 spiro atoms. The number of aromatic nitrogens is 2. The summed E-state index contributed by atoms with van der Waals surface area (Å²) in [7, 11) is 1.59. The number of esters is 1. The van der Waals surface area contributed by atoms with Crippen molar-refractivity contribution in [1.29, 1.82) is 0 Å². The van der Waals surface area contributed by atoms with Crippen LogP contribution < -0.4 is 14.4 Å². The first kappa shape index (κ1) is 27.5. The number of carbonyl (C=O) groups is 2. The lowest BCUT2D eigenvalue weighted by atomic mass is 9.89. The number of hydrogen-bond acceptors (Lipinski definition) is 6. The summed E-state index contributed by atoms with van der Waals surface area (Å²) in [6.45, 7) is 9.43. The van der Waals surface area contributed by atoms with Crippen LogP contribution in [-0.4, -0.2) is 48.3 Å². The molecule has 38 heavy (non-hydrogen) atoms. The topological polar surface area (TPSA) is 82.9 Å². The normalized spacial score (nSPS) is 17.1. The number of ether oxygens (including phenoxy) is 3. The molecule has 1 aliphatic rings. The molecule has 0 fully saturated rings. The number of benzene rings is 2. The molecule has 4 rings (SSSR count). The van der Waals surface area contributed by atoms with Gasteiger partial charge in [0.1, 0.15) is 0 Å². The minimum absolute atomic E-state index is 0.189. The molecule has 0 radical (unpaired) electrons.